The van der Waals surface area contributed by atoms with Crippen LogP contribution in [0.2, 0.25) is 0 Å². The number of rotatable bonds is 4. The maximum Gasteiger partial charge on any atom is 0.154 e. The van der Waals surface area contributed by atoms with Gasteiger partial charge >= 0.3 is 0 Å². The molecule has 0 spiro atoms. The minimum Gasteiger partial charge on any atom is -0.297 e. The average molecular weight is 404 g/mol. The monoisotopic (exact) mass is 404 g/mol. The molecule has 0 radical (unpaired) electrons. The summed E-state index contributed by atoms with van der Waals surface area (Å²) in [4.78, 5) is 0. The van der Waals surface area contributed by atoms with Crippen LogP contribution >= 0.6 is 8.22 Å². The SMILES string of the molecule is C1=C(c2ccccc2)N(c2ccccc2)P(c2ccccc2)N=C1c1ccccc1. The number of nitrogens with zero attached hydrogens (tertiary/aromatic N) is 2. The lowest BCUT2D eigenvalue weighted by molar-refractivity contribution is 1.39. The number of anilines is 1. The van der Waals surface area contributed by atoms with Crippen molar-refractivity contribution in [3.8, 4) is 0 Å². The van der Waals surface area contributed by atoms with Crippen molar-refractivity contribution < 1.29 is 0 Å². The Kier molecular flexibility index (Phi) is 5.25. The van der Waals surface area contributed by atoms with Crippen LogP contribution in [-0.4, -0.2) is 5.71 Å². The Hall–Kier alpha value is -3.48. The van der Waals surface area contributed by atoms with Gasteiger partial charge in [0.15, 0.2) is 8.22 Å². The molecule has 1 aliphatic heterocycles. The molecular weight excluding hydrogens is 383 g/mol. The third-order valence-corrected chi connectivity index (χ3v) is 7.01. The maximum atomic E-state index is 5.29. The van der Waals surface area contributed by atoms with Crippen LogP contribution in [0.4, 0.5) is 5.69 Å². The number of hydrogen-bond donors (Lipinski definition) is 0. The molecule has 1 atom stereocenters. The molecule has 0 aromatic heterocycles. The molecule has 0 amide bonds. The van der Waals surface area contributed by atoms with Crippen LogP contribution in [0.5, 0.6) is 0 Å². The fourth-order valence-corrected chi connectivity index (χ4v) is 5.57. The summed E-state index contributed by atoms with van der Waals surface area (Å²) in [5.74, 6) is 0. The van der Waals surface area contributed by atoms with Crippen LogP contribution in [0.15, 0.2) is 132 Å². The topological polar surface area (TPSA) is 15.6 Å². The molecule has 1 heterocycles. The molecule has 4 aromatic rings. The van der Waals surface area contributed by atoms with E-state index in [1.807, 2.05) is 6.07 Å². The predicted molar refractivity (Wildman–Crippen MR) is 129 cm³/mol. The third kappa shape index (κ3) is 3.70. The fourth-order valence-electron chi connectivity index (χ4n) is 3.59. The molecule has 0 saturated carbocycles. The van der Waals surface area contributed by atoms with E-state index in [1.54, 1.807) is 0 Å². The van der Waals surface area contributed by atoms with E-state index >= 15 is 0 Å². The molecule has 0 saturated heterocycles. The van der Waals surface area contributed by atoms with E-state index in [0.29, 0.717) is 0 Å². The van der Waals surface area contributed by atoms with Crippen molar-refractivity contribution in [1.82, 2.24) is 0 Å². The first-order valence-electron chi connectivity index (χ1n) is 10.0. The molecule has 0 bridgehead atoms. The second kappa shape index (κ2) is 8.49. The Bertz CT molecular complexity index is 1170. The Morgan fingerprint density at radius 3 is 1.63 bits per heavy atom. The molecule has 1 unspecified atom stereocenters. The fraction of sp³-hybridized carbons (Fsp3) is 0. The van der Waals surface area contributed by atoms with Crippen molar-refractivity contribution in [1.29, 1.82) is 0 Å². The molecule has 1 aliphatic rings. The first-order valence-corrected chi connectivity index (χ1v) is 11.3. The van der Waals surface area contributed by atoms with Crippen molar-refractivity contribution in [2.45, 2.75) is 0 Å². The molecule has 2 nitrogen and oxygen atoms in total. The van der Waals surface area contributed by atoms with Gasteiger partial charge in [-0.1, -0.05) is 109 Å². The summed E-state index contributed by atoms with van der Waals surface area (Å²) < 4.78 is 7.68. The lowest BCUT2D eigenvalue weighted by Gasteiger charge is -2.36. The van der Waals surface area contributed by atoms with Crippen LogP contribution in [0, 0.1) is 0 Å². The summed E-state index contributed by atoms with van der Waals surface area (Å²) in [6, 6.07) is 42.2. The molecule has 4 aromatic carbocycles. The Morgan fingerprint density at radius 2 is 1.03 bits per heavy atom. The molecule has 0 fully saturated rings. The molecule has 30 heavy (non-hydrogen) atoms. The number of allylic oxidation sites excluding steroid dienone is 1. The highest BCUT2D eigenvalue weighted by Gasteiger charge is 2.29. The minimum absolute atomic E-state index is 0.979. The molecular formula is C27H21N2P. The average Bonchev–Trinajstić information content (AvgIpc) is 2.85. The van der Waals surface area contributed by atoms with E-state index in [-0.39, 0.29) is 0 Å². The summed E-state index contributed by atoms with van der Waals surface area (Å²) in [6.07, 6.45) is 2.22. The summed E-state index contributed by atoms with van der Waals surface area (Å²) in [5, 5.41) is 1.23. The molecule has 3 heteroatoms. The van der Waals surface area contributed by atoms with Crippen molar-refractivity contribution >= 4 is 30.6 Å². The van der Waals surface area contributed by atoms with Gasteiger partial charge in [-0.25, -0.2) is 4.76 Å². The second-order valence-corrected chi connectivity index (χ2v) is 8.71. The lowest BCUT2D eigenvalue weighted by atomic mass is 10.1. The predicted octanol–water partition coefficient (Wildman–Crippen LogP) is 6.67. The van der Waals surface area contributed by atoms with Gasteiger partial charge in [0.2, 0.25) is 0 Å². The first-order chi connectivity index (χ1) is 14.9. The quantitative estimate of drug-likeness (QED) is 0.347. The molecule has 0 aliphatic carbocycles. The zero-order chi connectivity index (χ0) is 20.2. The molecule has 5 rings (SSSR count). The smallest absolute Gasteiger partial charge is 0.154 e. The van der Waals surface area contributed by atoms with Gasteiger partial charge in [0, 0.05) is 16.6 Å². The lowest BCUT2D eigenvalue weighted by Crippen LogP contribution is -2.25. The Labute approximate surface area is 178 Å². The molecule has 0 N–H and O–H groups in total. The Balaban J connectivity index is 1.74. The van der Waals surface area contributed by atoms with Crippen molar-refractivity contribution in [2.24, 2.45) is 4.76 Å². The first kappa shape index (κ1) is 18.5. The second-order valence-electron chi connectivity index (χ2n) is 7.02. The number of benzene rings is 4. The van der Waals surface area contributed by atoms with Gasteiger partial charge in [0.05, 0.1) is 11.4 Å². The summed E-state index contributed by atoms with van der Waals surface area (Å²) >= 11 is 0. The van der Waals surface area contributed by atoms with Crippen LogP contribution in [0.1, 0.15) is 11.1 Å². The zero-order valence-corrected chi connectivity index (χ0v) is 17.4. The third-order valence-electron chi connectivity index (χ3n) is 5.02. The van der Waals surface area contributed by atoms with Crippen LogP contribution in [0.25, 0.3) is 5.70 Å². The van der Waals surface area contributed by atoms with Crippen molar-refractivity contribution in [3.05, 3.63) is 139 Å². The van der Waals surface area contributed by atoms with Gasteiger partial charge in [-0.15, -0.1) is 0 Å². The van der Waals surface area contributed by atoms with Crippen molar-refractivity contribution in [2.75, 3.05) is 4.67 Å². The van der Waals surface area contributed by atoms with E-state index in [0.717, 1.165) is 17.0 Å². The number of hydrogen-bond acceptors (Lipinski definition) is 2. The minimum atomic E-state index is -0.979. The number of para-hydroxylation sites is 1. The highest BCUT2D eigenvalue weighted by atomic mass is 31.1. The zero-order valence-electron chi connectivity index (χ0n) is 16.5. The van der Waals surface area contributed by atoms with Gasteiger partial charge < -0.3 is 0 Å². The van der Waals surface area contributed by atoms with E-state index in [2.05, 4.69) is 126 Å². The van der Waals surface area contributed by atoms with Crippen LogP contribution in [0.3, 0.4) is 0 Å². The largest absolute Gasteiger partial charge is 0.297 e. The Morgan fingerprint density at radius 1 is 0.533 bits per heavy atom. The van der Waals surface area contributed by atoms with Crippen molar-refractivity contribution in [3.63, 3.8) is 0 Å². The van der Waals surface area contributed by atoms with Gasteiger partial charge in [-0.2, -0.15) is 0 Å². The van der Waals surface area contributed by atoms with E-state index in [1.165, 1.54) is 16.6 Å². The highest BCUT2D eigenvalue weighted by molar-refractivity contribution is 7.66. The summed E-state index contributed by atoms with van der Waals surface area (Å²) in [7, 11) is -0.979. The normalized spacial score (nSPS) is 16.0. The van der Waals surface area contributed by atoms with Crippen LogP contribution < -0.4 is 9.97 Å². The van der Waals surface area contributed by atoms with Gasteiger partial charge in [-0.3, -0.25) is 4.67 Å². The van der Waals surface area contributed by atoms with Gasteiger partial charge in [-0.05, 0) is 23.8 Å². The van der Waals surface area contributed by atoms with Gasteiger partial charge in [0.1, 0.15) is 0 Å². The van der Waals surface area contributed by atoms with E-state index < -0.39 is 8.22 Å². The van der Waals surface area contributed by atoms with Gasteiger partial charge in [0.25, 0.3) is 0 Å². The van der Waals surface area contributed by atoms with E-state index in [4.69, 9.17) is 4.76 Å². The highest BCUT2D eigenvalue weighted by Crippen LogP contribution is 2.52. The summed E-state index contributed by atoms with van der Waals surface area (Å²) in [5.41, 5.74) is 5.68. The van der Waals surface area contributed by atoms with E-state index in [9.17, 15) is 0 Å². The van der Waals surface area contributed by atoms with Crippen LogP contribution in [-0.2, 0) is 0 Å². The molecule has 144 valence electrons. The standard InChI is InChI=1S/C27H21N2P/c1-5-13-22(14-6-1)26-21-27(23-15-7-2-8-16-23)29(24-17-9-3-10-18-24)30(28-26)25-19-11-4-12-20-25/h1-21H. The maximum absolute atomic E-state index is 5.29. The summed E-state index contributed by atoms with van der Waals surface area (Å²) in [6.45, 7) is 0.